The number of methoxy groups -OCH3 is 1. The van der Waals surface area contributed by atoms with Crippen molar-refractivity contribution in [3.05, 3.63) is 101 Å². The molecule has 0 unspecified atom stereocenters. The van der Waals surface area contributed by atoms with E-state index in [1.54, 1.807) is 7.11 Å². The summed E-state index contributed by atoms with van der Waals surface area (Å²) in [5.41, 5.74) is 13.4. The summed E-state index contributed by atoms with van der Waals surface area (Å²) in [5, 5.41) is 12.9. The number of aryl methyl sites for hydroxylation is 2. The van der Waals surface area contributed by atoms with Crippen LogP contribution in [0.3, 0.4) is 0 Å². The van der Waals surface area contributed by atoms with Gasteiger partial charge in [-0.15, -0.1) is 0 Å². The van der Waals surface area contributed by atoms with Gasteiger partial charge in [0.05, 0.1) is 6.61 Å². The normalized spacial score (nSPS) is 11.3. The zero-order valence-electron chi connectivity index (χ0n) is 21.0. The number of carboxylic acids is 1. The molecule has 6 nitrogen and oxygen atoms in total. The number of carboxylic acid groups (broad SMARTS) is 1. The molecule has 0 aliphatic carbocycles. The van der Waals surface area contributed by atoms with E-state index < -0.39 is 5.97 Å². The molecule has 0 radical (unpaired) electrons. The molecule has 188 valence electrons. The van der Waals surface area contributed by atoms with Gasteiger partial charge in [0.2, 0.25) is 0 Å². The number of nitrogens with two attached hydrogens (primary N) is 1. The van der Waals surface area contributed by atoms with E-state index in [1.165, 1.54) is 11.1 Å². The second kappa shape index (κ2) is 13.3. The molecule has 0 amide bonds. The van der Waals surface area contributed by atoms with E-state index in [-0.39, 0.29) is 12.3 Å². The van der Waals surface area contributed by atoms with Crippen LogP contribution in [0.25, 0.3) is 16.9 Å². The third kappa shape index (κ3) is 7.30. The van der Waals surface area contributed by atoms with Gasteiger partial charge in [0.25, 0.3) is 0 Å². The Bertz CT molecular complexity index is 1230. The Kier molecular flexibility index (Phi) is 9.83. The number of ether oxygens (including phenoxy) is 1. The zero-order chi connectivity index (χ0) is 25.9. The summed E-state index contributed by atoms with van der Waals surface area (Å²) in [5.74, 6) is -0.142. The van der Waals surface area contributed by atoms with Gasteiger partial charge in [-0.3, -0.25) is 4.79 Å². The van der Waals surface area contributed by atoms with Gasteiger partial charge in [-0.25, -0.2) is 0 Å². The first-order valence-electron chi connectivity index (χ1n) is 12.1. The fraction of sp³-hybridized carbons (Fsp3) is 0.267. The molecule has 0 fully saturated rings. The molecular formula is C30H34N2O4. The second-order valence-electron chi connectivity index (χ2n) is 8.61. The second-order valence-corrected chi connectivity index (χ2v) is 8.61. The Balaban J connectivity index is 1.72. The molecule has 0 atom stereocenters. The van der Waals surface area contributed by atoms with Crippen LogP contribution in [0, 0.1) is 0 Å². The van der Waals surface area contributed by atoms with Crippen LogP contribution in [-0.2, 0) is 33.8 Å². The lowest BCUT2D eigenvalue weighted by molar-refractivity contribution is -0.137. The quantitative estimate of drug-likeness (QED) is 0.0991. The van der Waals surface area contributed by atoms with Crippen LogP contribution in [0.5, 0.6) is 0 Å². The van der Waals surface area contributed by atoms with Gasteiger partial charge in [0, 0.05) is 24.7 Å². The highest BCUT2D eigenvalue weighted by Gasteiger charge is 2.12. The molecule has 3 aromatic rings. The smallest absolute Gasteiger partial charge is 0.303 e. The number of rotatable bonds is 13. The Hall–Kier alpha value is -3.90. The highest BCUT2D eigenvalue weighted by molar-refractivity contribution is 5.97. The Morgan fingerprint density at radius 2 is 1.75 bits per heavy atom. The molecule has 3 aromatic carbocycles. The number of amidine groups is 1. The number of unbranched alkanes of at least 4 members (excludes halogenated alkanes) is 1. The van der Waals surface area contributed by atoms with E-state index >= 15 is 0 Å². The molecule has 0 aliphatic rings. The molecule has 0 saturated carbocycles. The van der Waals surface area contributed by atoms with E-state index in [0.29, 0.717) is 18.8 Å². The highest BCUT2D eigenvalue weighted by Crippen LogP contribution is 2.30. The van der Waals surface area contributed by atoms with Gasteiger partial charge < -0.3 is 20.4 Å². The first-order valence-corrected chi connectivity index (χ1v) is 12.1. The van der Waals surface area contributed by atoms with Gasteiger partial charge in [-0.2, -0.15) is 0 Å². The molecule has 3 N–H and O–H groups in total. The maximum Gasteiger partial charge on any atom is 0.303 e. The fourth-order valence-electron chi connectivity index (χ4n) is 4.10. The van der Waals surface area contributed by atoms with Crippen molar-refractivity contribution in [3.63, 3.8) is 0 Å². The average Bonchev–Trinajstić information content (AvgIpc) is 2.89. The number of aliphatic carboxylic acids is 1. The van der Waals surface area contributed by atoms with Crippen LogP contribution in [0.1, 0.15) is 54.0 Å². The minimum absolute atomic E-state index is 0.178. The van der Waals surface area contributed by atoms with Crippen LogP contribution in [0.4, 0.5) is 0 Å². The van der Waals surface area contributed by atoms with Crippen molar-refractivity contribution in [2.75, 3.05) is 7.11 Å². The van der Waals surface area contributed by atoms with Crippen molar-refractivity contribution in [3.8, 4) is 11.1 Å². The van der Waals surface area contributed by atoms with Crippen LogP contribution in [-0.4, -0.2) is 24.0 Å². The van der Waals surface area contributed by atoms with Crippen LogP contribution < -0.4 is 5.73 Å². The summed E-state index contributed by atoms with van der Waals surface area (Å²) in [6.45, 7) is 6.64. The van der Waals surface area contributed by atoms with Crippen molar-refractivity contribution in [2.45, 2.75) is 45.6 Å². The SMILES string of the molecule is C=C(O/N=C(\N)c1cccc(CCCCC(=O)O)c1)c1ccc(-c2ccccc2CC)c(COC)c1. The fourth-order valence-corrected chi connectivity index (χ4v) is 4.10. The van der Waals surface area contributed by atoms with Crippen LogP contribution >= 0.6 is 0 Å². The van der Waals surface area contributed by atoms with Crippen LogP contribution in [0.2, 0.25) is 0 Å². The maximum absolute atomic E-state index is 10.7. The minimum Gasteiger partial charge on any atom is -0.481 e. The van der Waals surface area contributed by atoms with Gasteiger partial charge in [-0.1, -0.05) is 73.3 Å². The lowest BCUT2D eigenvalue weighted by Crippen LogP contribution is -2.14. The van der Waals surface area contributed by atoms with Crippen molar-refractivity contribution in [2.24, 2.45) is 10.9 Å². The highest BCUT2D eigenvalue weighted by atomic mass is 16.6. The summed E-state index contributed by atoms with van der Waals surface area (Å²) in [4.78, 5) is 16.3. The predicted molar refractivity (Wildman–Crippen MR) is 144 cm³/mol. The third-order valence-electron chi connectivity index (χ3n) is 6.00. The summed E-state index contributed by atoms with van der Waals surface area (Å²) >= 11 is 0. The van der Waals surface area contributed by atoms with E-state index in [1.807, 2.05) is 42.5 Å². The van der Waals surface area contributed by atoms with E-state index in [4.69, 9.17) is 20.4 Å². The summed E-state index contributed by atoms with van der Waals surface area (Å²) in [6.07, 6.45) is 3.33. The molecule has 0 bridgehead atoms. The summed E-state index contributed by atoms with van der Waals surface area (Å²) in [7, 11) is 1.68. The number of nitrogens with zero attached hydrogens (tertiary/aromatic N) is 1. The number of hydrogen-bond acceptors (Lipinski definition) is 4. The number of benzene rings is 3. The first kappa shape index (κ1) is 26.7. The first-order chi connectivity index (χ1) is 17.4. The zero-order valence-corrected chi connectivity index (χ0v) is 21.0. The maximum atomic E-state index is 10.7. The van der Waals surface area contributed by atoms with Gasteiger partial charge in [0.1, 0.15) is 0 Å². The minimum atomic E-state index is -0.771. The summed E-state index contributed by atoms with van der Waals surface area (Å²) < 4.78 is 5.47. The number of oxime groups is 1. The third-order valence-corrected chi connectivity index (χ3v) is 6.00. The summed E-state index contributed by atoms with van der Waals surface area (Å²) in [6, 6.07) is 22.1. The molecule has 6 heteroatoms. The van der Waals surface area contributed by atoms with Gasteiger partial charge in [0.15, 0.2) is 11.6 Å². The van der Waals surface area contributed by atoms with E-state index in [2.05, 4.69) is 42.9 Å². The molecule has 0 aromatic heterocycles. The average molecular weight is 487 g/mol. The molecule has 36 heavy (non-hydrogen) atoms. The van der Waals surface area contributed by atoms with Crippen molar-refractivity contribution >= 4 is 17.6 Å². The largest absolute Gasteiger partial charge is 0.481 e. The Morgan fingerprint density at radius 1 is 0.972 bits per heavy atom. The Morgan fingerprint density at radius 3 is 2.50 bits per heavy atom. The standard InChI is InChI=1S/C30H34N2O4/c1-4-23-12-6-7-14-27(23)28-17-16-24(19-26(28)20-35-3)21(2)36-32-30(31)25-13-9-11-22(18-25)10-5-8-15-29(33)34/h6-7,9,11-14,16-19H,2,4-5,8,10,15,20H2,1,3H3,(H2,31,32)(H,33,34). The lowest BCUT2D eigenvalue weighted by Gasteiger charge is -2.15. The van der Waals surface area contributed by atoms with Crippen molar-refractivity contribution < 1.29 is 19.5 Å². The molecule has 0 spiro atoms. The van der Waals surface area contributed by atoms with Crippen LogP contribution in [0.15, 0.2) is 78.5 Å². The molecule has 3 rings (SSSR count). The van der Waals surface area contributed by atoms with E-state index in [0.717, 1.165) is 47.1 Å². The van der Waals surface area contributed by atoms with Gasteiger partial charge in [-0.05, 0) is 65.6 Å². The molecule has 0 aliphatic heterocycles. The van der Waals surface area contributed by atoms with Crippen molar-refractivity contribution in [1.29, 1.82) is 0 Å². The number of hydrogen-bond donors (Lipinski definition) is 2. The molecule has 0 saturated heterocycles. The molecule has 0 heterocycles. The van der Waals surface area contributed by atoms with Crippen molar-refractivity contribution in [1.82, 2.24) is 0 Å². The Labute approximate surface area is 213 Å². The monoisotopic (exact) mass is 486 g/mol. The number of carbonyl (C=O) groups is 1. The topological polar surface area (TPSA) is 94.1 Å². The lowest BCUT2D eigenvalue weighted by atomic mass is 9.93. The van der Waals surface area contributed by atoms with Gasteiger partial charge >= 0.3 is 5.97 Å². The predicted octanol–water partition coefficient (Wildman–Crippen LogP) is 6.17. The van der Waals surface area contributed by atoms with E-state index in [9.17, 15) is 4.79 Å². The molecular weight excluding hydrogens is 452 g/mol.